The Morgan fingerprint density at radius 2 is 2.15 bits per heavy atom. The third-order valence-corrected chi connectivity index (χ3v) is 2.75. The van der Waals surface area contributed by atoms with E-state index < -0.39 is 0 Å². The summed E-state index contributed by atoms with van der Waals surface area (Å²) < 4.78 is 0. The molecule has 1 aliphatic rings. The van der Waals surface area contributed by atoms with Crippen LogP contribution in [-0.4, -0.2) is 48.3 Å². The fourth-order valence-electron chi connectivity index (χ4n) is 1.79. The van der Waals surface area contributed by atoms with Crippen LogP contribution in [0.1, 0.15) is 26.7 Å². The van der Waals surface area contributed by atoms with Crippen molar-refractivity contribution < 1.29 is 5.11 Å². The molecule has 1 heterocycles. The van der Waals surface area contributed by atoms with E-state index in [1.54, 1.807) is 0 Å². The highest BCUT2D eigenvalue weighted by Gasteiger charge is 2.29. The first kappa shape index (κ1) is 11.0. The molecule has 78 valence electrons. The molecule has 0 aromatic carbocycles. The van der Waals surface area contributed by atoms with Gasteiger partial charge in [0.2, 0.25) is 0 Å². The number of nitrogens with zero attached hydrogens (tertiary/aromatic N) is 1. The van der Waals surface area contributed by atoms with Crippen molar-refractivity contribution in [3.05, 3.63) is 0 Å². The summed E-state index contributed by atoms with van der Waals surface area (Å²) in [5.41, 5.74) is 0. The molecule has 1 rings (SSSR count). The Hall–Kier alpha value is -0.120. The molecule has 3 heteroatoms. The second kappa shape index (κ2) is 5.58. The smallest absolute Gasteiger partial charge is 0.0832 e. The SMILES string of the molecule is CCCCNC1CN(CC)CC1O. The van der Waals surface area contributed by atoms with Gasteiger partial charge in [0.25, 0.3) is 0 Å². The Morgan fingerprint density at radius 1 is 1.38 bits per heavy atom. The van der Waals surface area contributed by atoms with Gasteiger partial charge < -0.3 is 10.4 Å². The van der Waals surface area contributed by atoms with Crippen LogP contribution in [0.5, 0.6) is 0 Å². The van der Waals surface area contributed by atoms with Gasteiger partial charge in [0.15, 0.2) is 0 Å². The molecule has 1 aliphatic heterocycles. The molecule has 1 fully saturated rings. The minimum absolute atomic E-state index is 0.170. The van der Waals surface area contributed by atoms with Crippen molar-refractivity contribution in [3.8, 4) is 0 Å². The highest BCUT2D eigenvalue weighted by atomic mass is 16.3. The number of aliphatic hydroxyl groups excluding tert-OH is 1. The lowest BCUT2D eigenvalue weighted by Gasteiger charge is -2.15. The van der Waals surface area contributed by atoms with E-state index in [0.717, 1.165) is 26.2 Å². The van der Waals surface area contributed by atoms with Crippen LogP contribution < -0.4 is 5.32 Å². The molecule has 0 spiro atoms. The molecule has 2 N–H and O–H groups in total. The first-order chi connectivity index (χ1) is 6.27. The van der Waals surface area contributed by atoms with Gasteiger partial charge in [-0.2, -0.15) is 0 Å². The summed E-state index contributed by atoms with van der Waals surface area (Å²) in [6.45, 7) is 8.24. The van der Waals surface area contributed by atoms with Crippen molar-refractivity contribution in [1.29, 1.82) is 0 Å². The van der Waals surface area contributed by atoms with Gasteiger partial charge in [-0.25, -0.2) is 0 Å². The largest absolute Gasteiger partial charge is 0.390 e. The molecule has 0 aromatic rings. The second-order valence-corrected chi connectivity index (χ2v) is 3.83. The van der Waals surface area contributed by atoms with Crippen molar-refractivity contribution in [2.75, 3.05) is 26.2 Å². The van der Waals surface area contributed by atoms with Crippen molar-refractivity contribution in [1.82, 2.24) is 10.2 Å². The van der Waals surface area contributed by atoms with Crippen LogP contribution >= 0.6 is 0 Å². The summed E-state index contributed by atoms with van der Waals surface area (Å²) in [7, 11) is 0. The lowest BCUT2D eigenvalue weighted by molar-refractivity contribution is 0.155. The van der Waals surface area contributed by atoms with Crippen LogP contribution in [0.15, 0.2) is 0 Å². The fraction of sp³-hybridized carbons (Fsp3) is 1.00. The van der Waals surface area contributed by atoms with E-state index in [-0.39, 0.29) is 6.10 Å². The predicted molar refractivity (Wildman–Crippen MR) is 54.8 cm³/mol. The van der Waals surface area contributed by atoms with Crippen LogP contribution in [0.2, 0.25) is 0 Å². The van der Waals surface area contributed by atoms with Crippen LogP contribution in [0.25, 0.3) is 0 Å². The Morgan fingerprint density at radius 3 is 2.69 bits per heavy atom. The Balaban J connectivity index is 2.18. The molecular formula is C10H22N2O. The highest BCUT2D eigenvalue weighted by molar-refractivity contribution is 4.88. The van der Waals surface area contributed by atoms with Crippen molar-refractivity contribution in [2.24, 2.45) is 0 Å². The molecule has 3 nitrogen and oxygen atoms in total. The Labute approximate surface area is 81.1 Å². The Kier molecular flexibility index (Phi) is 4.70. The fourth-order valence-corrected chi connectivity index (χ4v) is 1.79. The molecule has 0 aliphatic carbocycles. The molecule has 0 amide bonds. The predicted octanol–water partition coefficient (Wildman–Crippen LogP) is 0.441. The van der Waals surface area contributed by atoms with Crippen LogP contribution in [-0.2, 0) is 0 Å². The minimum atomic E-state index is -0.170. The number of unbranched alkanes of at least 4 members (excludes halogenated alkanes) is 1. The number of hydrogen-bond donors (Lipinski definition) is 2. The summed E-state index contributed by atoms with van der Waals surface area (Å²) in [5.74, 6) is 0. The van der Waals surface area contributed by atoms with E-state index >= 15 is 0 Å². The van der Waals surface area contributed by atoms with Crippen LogP contribution in [0, 0.1) is 0 Å². The number of β-amino-alcohol motifs (C(OH)–C–C–N with tert-alkyl or cyclic N) is 1. The third-order valence-electron chi connectivity index (χ3n) is 2.75. The van der Waals surface area contributed by atoms with Gasteiger partial charge >= 0.3 is 0 Å². The van der Waals surface area contributed by atoms with E-state index in [2.05, 4.69) is 24.1 Å². The minimum Gasteiger partial charge on any atom is -0.390 e. The summed E-state index contributed by atoms with van der Waals surface area (Å²) >= 11 is 0. The maximum absolute atomic E-state index is 9.69. The number of nitrogens with one attached hydrogen (secondary N) is 1. The lowest BCUT2D eigenvalue weighted by atomic mass is 10.2. The van der Waals surface area contributed by atoms with Gasteiger partial charge in [-0.3, -0.25) is 4.90 Å². The van der Waals surface area contributed by atoms with Gasteiger partial charge in [0.05, 0.1) is 6.10 Å². The normalized spacial score (nSPS) is 29.8. The zero-order valence-corrected chi connectivity index (χ0v) is 8.79. The number of hydrogen-bond acceptors (Lipinski definition) is 3. The Bertz CT molecular complexity index is 141. The summed E-state index contributed by atoms with van der Waals surface area (Å²) in [4.78, 5) is 2.29. The molecule has 13 heavy (non-hydrogen) atoms. The van der Waals surface area contributed by atoms with Crippen molar-refractivity contribution in [3.63, 3.8) is 0 Å². The lowest BCUT2D eigenvalue weighted by Crippen LogP contribution is -2.39. The number of rotatable bonds is 5. The zero-order chi connectivity index (χ0) is 9.68. The van der Waals surface area contributed by atoms with E-state index in [0.29, 0.717) is 6.04 Å². The number of likely N-dealkylation sites (N-methyl/N-ethyl adjacent to an activating group) is 1. The van der Waals surface area contributed by atoms with Gasteiger partial charge in [-0.05, 0) is 19.5 Å². The van der Waals surface area contributed by atoms with Crippen molar-refractivity contribution >= 4 is 0 Å². The van der Waals surface area contributed by atoms with Gasteiger partial charge in [0.1, 0.15) is 0 Å². The average Bonchev–Trinajstić information content (AvgIpc) is 2.48. The molecule has 1 saturated heterocycles. The topological polar surface area (TPSA) is 35.5 Å². The molecule has 0 bridgehead atoms. The van der Waals surface area contributed by atoms with Gasteiger partial charge in [0, 0.05) is 19.1 Å². The van der Waals surface area contributed by atoms with Gasteiger partial charge in [-0.15, -0.1) is 0 Å². The van der Waals surface area contributed by atoms with E-state index in [1.807, 2.05) is 0 Å². The van der Waals surface area contributed by atoms with E-state index in [1.165, 1.54) is 12.8 Å². The van der Waals surface area contributed by atoms with Gasteiger partial charge in [-0.1, -0.05) is 20.3 Å². The quantitative estimate of drug-likeness (QED) is 0.612. The summed E-state index contributed by atoms with van der Waals surface area (Å²) in [6, 6.07) is 0.298. The highest BCUT2D eigenvalue weighted by Crippen LogP contribution is 2.09. The number of likely N-dealkylation sites (tertiary alicyclic amines) is 1. The average molecular weight is 186 g/mol. The molecular weight excluding hydrogens is 164 g/mol. The molecule has 0 saturated carbocycles. The monoisotopic (exact) mass is 186 g/mol. The first-order valence-corrected chi connectivity index (χ1v) is 5.41. The molecule has 2 unspecified atom stereocenters. The van der Waals surface area contributed by atoms with E-state index in [4.69, 9.17) is 0 Å². The standard InChI is InChI=1S/C10H22N2O/c1-3-5-6-11-9-7-12(4-2)8-10(9)13/h9-11,13H,3-8H2,1-2H3. The zero-order valence-electron chi connectivity index (χ0n) is 8.79. The maximum atomic E-state index is 9.69. The van der Waals surface area contributed by atoms with E-state index in [9.17, 15) is 5.11 Å². The molecule has 2 atom stereocenters. The van der Waals surface area contributed by atoms with Crippen molar-refractivity contribution in [2.45, 2.75) is 38.8 Å². The van der Waals surface area contributed by atoms with Crippen LogP contribution in [0.3, 0.4) is 0 Å². The number of aliphatic hydroxyl groups is 1. The second-order valence-electron chi connectivity index (χ2n) is 3.83. The summed E-state index contributed by atoms with van der Waals surface area (Å²) in [5, 5.41) is 13.1. The molecule has 0 aromatic heterocycles. The third kappa shape index (κ3) is 3.25. The first-order valence-electron chi connectivity index (χ1n) is 5.41. The maximum Gasteiger partial charge on any atom is 0.0832 e. The summed E-state index contributed by atoms with van der Waals surface area (Å²) in [6.07, 6.45) is 2.25. The molecule has 0 radical (unpaired) electrons. The van der Waals surface area contributed by atoms with Crippen LogP contribution in [0.4, 0.5) is 0 Å².